The highest BCUT2D eigenvalue weighted by Gasteiger charge is 2.21. The van der Waals surface area contributed by atoms with Crippen LogP contribution in [0.15, 0.2) is 160 Å². The average Bonchev–Trinajstić information content (AvgIpc) is 3.89. The molecule has 0 aliphatic carbocycles. The monoisotopic (exact) mass is 674 g/mol. The first-order chi connectivity index (χ1) is 25.4. The van der Waals surface area contributed by atoms with Gasteiger partial charge in [0.05, 0.1) is 0 Å². The molecule has 2 aromatic heterocycles. The van der Waals surface area contributed by atoms with Crippen LogP contribution in [0, 0.1) is 0 Å². The third-order valence-corrected chi connectivity index (χ3v) is 9.62. The molecule has 0 aliphatic heterocycles. The van der Waals surface area contributed by atoms with Crippen molar-refractivity contribution >= 4 is 21.5 Å². The molecule has 0 aliphatic rings. The number of nitrogens with zero attached hydrogens (tertiary/aromatic N) is 4. The highest BCUT2D eigenvalue weighted by atomic mass is 16.4. The largest absolute Gasteiger partial charge is 0.416 e. The van der Waals surface area contributed by atoms with Gasteiger partial charge >= 0.3 is 0 Å². The number of rotatable bonds is 6. The van der Waals surface area contributed by atoms with Gasteiger partial charge in [0.1, 0.15) is 0 Å². The van der Waals surface area contributed by atoms with Gasteiger partial charge in [0, 0.05) is 22.3 Å². The molecule has 0 spiro atoms. The standard InChI is InChI=1S/C46H34N4O2/c1-46(2,3)35-26-27-38-39(28-35)41(30-20-24-34(25-21-30)45-50-48-43(52-45)32-14-8-5-9-15-32)37-17-11-10-16-36(37)40(38)29-18-22-33(23-19-29)44-49-47-42(51-44)31-12-6-4-7-13-31/h4-28H,1-3H3. The van der Waals surface area contributed by atoms with E-state index in [9.17, 15) is 0 Å². The fourth-order valence-electron chi connectivity index (χ4n) is 6.90. The average molecular weight is 675 g/mol. The van der Waals surface area contributed by atoms with Crippen molar-refractivity contribution in [2.75, 3.05) is 0 Å². The molecule has 0 unspecified atom stereocenters. The van der Waals surface area contributed by atoms with E-state index < -0.39 is 0 Å². The van der Waals surface area contributed by atoms with Crippen molar-refractivity contribution in [2.45, 2.75) is 26.2 Å². The van der Waals surface area contributed by atoms with Crippen LogP contribution in [0.2, 0.25) is 0 Å². The van der Waals surface area contributed by atoms with Gasteiger partial charge in [0.2, 0.25) is 23.6 Å². The van der Waals surface area contributed by atoms with Gasteiger partial charge in [-0.25, -0.2) is 0 Å². The molecule has 0 N–H and O–H groups in total. The topological polar surface area (TPSA) is 77.8 Å². The van der Waals surface area contributed by atoms with Crippen LogP contribution in [0.25, 0.3) is 89.6 Å². The molecule has 9 aromatic rings. The Labute approximate surface area is 301 Å². The lowest BCUT2D eigenvalue weighted by atomic mass is 9.81. The molecule has 6 heteroatoms. The van der Waals surface area contributed by atoms with Gasteiger partial charge in [0.25, 0.3) is 0 Å². The zero-order chi connectivity index (χ0) is 35.2. The Morgan fingerprint density at radius 2 is 0.692 bits per heavy atom. The van der Waals surface area contributed by atoms with E-state index in [1.807, 2.05) is 60.7 Å². The van der Waals surface area contributed by atoms with E-state index in [4.69, 9.17) is 8.83 Å². The molecule has 0 amide bonds. The Hall–Kier alpha value is -6.66. The zero-order valence-corrected chi connectivity index (χ0v) is 29.0. The molecule has 0 fully saturated rings. The maximum absolute atomic E-state index is 6.08. The van der Waals surface area contributed by atoms with E-state index in [0.717, 1.165) is 33.4 Å². The van der Waals surface area contributed by atoms with Crippen molar-refractivity contribution in [3.05, 3.63) is 157 Å². The van der Waals surface area contributed by atoms with Crippen LogP contribution >= 0.6 is 0 Å². The molecular formula is C46H34N4O2. The number of hydrogen-bond acceptors (Lipinski definition) is 6. The maximum Gasteiger partial charge on any atom is 0.248 e. The lowest BCUT2D eigenvalue weighted by Crippen LogP contribution is -2.10. The molecule has 0 saturated heterocycles. The molecule has 0 atom stereocenters. The molecule has 6 nitrogen and oxygen atoms in total. The van der Waals surface area contributed by atoms with Crippen LogP contribution in [0.5, 0.6) is 0 Å². The minimum Gasteiger partial charge on any atom is -0.416 e. The first-order valence-electron chi connectivity index (χ1n) is 17.4. The first kappa shape index (κ1) is 31.3. The third-order valence-electron chi connectivity index (χ3n) is 9.62. The molecule has 0 bridgehead atoms. The second-order valence-corrected chi connectivity index (χ2v) is 14.0. The van der Waals surface area contributed by atoms with Crippen molar-refractivity contribution in [1.82, 2.24) is 20.4 Å². The predicted octanol–water partition coefficient (Wildman–Crippen LogP) is 12.1. The van der Waals surface area contributed by atoms with E-state index in [2.05, 4.69) is 132 Å². The summed E-state index contributed by atoms with van der Waals surface area (Å²) in [5, 5.41) is 22.1. The first-order valence-corrected chi connectivity index (χ1v) is 17.4. The van der Waals surface area contributed by atoms with Crippen LogP contribution in [-0.2, 0) is 5.41 Å². The van der Waals surface area contributed by atoms with Gasteiger partial charge in [-0.1, -0.05) is 118 Å². The quantitative estimate of drug-likeness (QED) is 0.163. The van der Waals surface area contributed by atoms with Gasteiger partial charge in [-0.3, -0.25) is 0 Å². The summed E-state index contributed by atoms with van der Waals surface area (Å²) in [5.41, 5.74) is 9.40. The second-order valence-electron chi connectivity index (χ2n) is 14.0. The molecule has 7 aromatic carbocycles. The van der Waals surface area contributed by atoms with E-state index >= 15 is 0 Å². The second kappa shape index (κ2) is 12.6. The summed E-state index contributed by atoms with van der Waals surface area (Å²) in [6, 6.07) is 52.2. The Morgan fingerprint density at radius 3 is 1.12 bits per heavy atom. The van der Waals surface area contributed by atoms with Crippen molar-refractivity contribution < 1.29 is 8.83 Å². The Morgan fingerprint density at radius 1 is 0.346 bits per heavy atom. The Balaban J connectivity index is 1.16. The van der Waals surface area contributed by atoms with E-state index in [1.165, 1.54) is 38.2 Å². The zero-order valence-electron chi connectivity index (χ0n) is 29.0. The molecule has 2 heterocycles. The normalized spacial score (nSPS) is 11.8. The van der Waals surface area contributed by atoms with Crippen molar-refractivity contribution in [1.29, 1.82) is 0 Å². The number of aromatic nitrogens is 4. The SMILES string of the molecule is CC(C)(C)c1ccc2c(-c3ccc(-c4nnc(-c5ccccc5)o4)cc3)c3ccccc3c(-c3ccc(-c4nnc(-c5ccccc5)o4)cc3)c2c1. The molecule has 0 radical (unpaired) electrons. The van der Waals surface area contributed by atoms with Crippen molar-refractivity contribution in [2.24, 2.45) is 0 Å². The van der Waals surface area contributed by atoms with Gasteiger partial charge in [-0.2, -0.15) is 0 Å². The van der Waals surface area contributed by atoms with E-state index in [0.29, 0.717) is 23.6 Å². The summed E-state index contributed by atoms with van der Waals surface area (Å²) in [6.45, 7) is 6.79. The highest BCUT2D eigenvalue weighted by Crippen LogP contribution is 2.45. The highest BCUT2D eigenvalue weighted by molar-refractivity contribution is 6.21. The predicted molar refractivity (Wildman–Crippen MR) is 208 cm³/mol. The Bertz CT molecular complexity index is 2690. The van der Waals surface area contributed by atoms with Crippen LogP contribution in [0.1, 0.15) is 26.3 Å². The lowest BCUT2D eigenvalue weighted by molar-refractivity contribution is 0.584. The van der Waals surface area contributed by atoms with Gasteiger partial charge < -0.3 is 8.83 Å². The van der Waals surface area contributed by atoms with Crippen LogP contribution in [0.3, 0.4) is 0 Å². The van der Waals surface area contributed by atoms with Gasteiger partial charge in [-0.05, 0) is 109 Å². The van der Waals surface area contributed by atoms with Crippen LogP contribution in [-0.4, -0.2) is 20.4 Å². The number of fused-ring (bicyclic) bond motifs is 2. The van der Waals surface area contributed by atoms with E-state index in [1.54, 1.807) is 0 Å². The summed E-state index contributed by atoms with van der Waals surface area (Å²) in [6.07, 6.45) is 0. The smallest absolute Gasteiger partial charge is 0.248 e. The fourth-order valence-corrected chi connectivity index (χ4v) is 6.90. The third kappa shape index (κ3) is 5.64. The summed E-state index contributed by atoms with van der Waals surface area (Å²) in [5.74, 6) is 1.99. The summed E-state index contributed by atoms with van der Waals surface area (Å²) >= 11 is 0. The van der Waals surface area contributed by atoms with E-state index in [-0.39, 0.29) is 5.41 Å². The van der Waals surface area contributed by atoms with Gasteiger partial charge in [-0.15, -0.1) is 20.4 Å². The van der Waals surface area contributed by atoms with Crippen LogP contribution in [0.4, 0.5) is 0 Å². The summed E-state index contributed by atoms with van der Waals surface area (Å²) < 4.78 is 12.2. The van der Waals surface area contributed by atoms with Crippen LogP contribution < -0.4 is 0 Å². The fraction of sp³-hybridized carbons (Fsp3) is 0.0870. The number of benzene rings is 7. The van der Waals surface area contributed by atoms with Crippen molar-refractivity contribution in [3.8, 4) is 68.1 Å². The summed E-state index contributed by atoms with van der Waals surface area (Å²) in [7, 11) is 0. The van der Waals surface area contributed by atoms with Gasteiger partial charge in [0.15, 0.2) is 0 Å². The minimum absolute atomic E-state index is 0.0279. The molecule has 52 heavy (non-hydrogen) atoms. The molecule has 9 rings (SSSR count). The number of hydrogen-bond donors (Lipinski definition) is 0. The molecular weight excluding hydrogens is 641 g/mol. The molecule has 250 valence electrons. The Kier molecular flexibility index (Phi) is 7.58. The molecule has 0 saturated carbocycles. The minimum atomic E-state index is -0.0279. The lowest BCUT2D eigenvalue weighted by Gasteiger charge is -2.23. The van der Waals surface area contributed by atoms with Crippen molar-refractivity contribution in [3.63, 3.8) is 0 Å². The summed E-state index contributed by atoms with van der Waals surface area (Å²) in [4.78, 5) is 0. The maximum atomic E-state index is 6.08.